The fourth-order valence-corrected chi connectivity index (χ4v) is 3.82. The highest BCUT2D eigenvalue weighted by atomic mass is 35.5. The van der Waals surface area contributed by atoms with E-state index in [2.05, 4.69) is 4.72 Å². The van der Waals surface area contributed by atoms with Crippen molar-refractivity contribution in [2.24, 2.45) is 5.92 Å². The van der Waals surface area contributed by atoms with E-state index in [4.69, 9.17) is 11.6 Å². The second-order valence-electron chi connectivity index (χ2n) is 5.25. The van der Waals surface area contributed by atoms with Crippen LogP contribution in [-0.4, -0.2) is 13.7 Å². The zero-order chi connectivity index (χ0) is 14.2. The van der Waals surface area contributed by atoms with Crippen molar-refractivity contribution in [3.8, 4) is 0 Å². The summed E-state index contributed by atoms with van der Waals surface area (Å²) in [6.07, 6.45) is 1.37. The minimum atomic E-state index is -3.36. The third kappa shape index (κ3) is 3.46. The van der Waals surface area contributed by atoms with Crippen molar-refractivity contribution in [1.82, 2.24) is 4.72 Å². The lowest BCUT2D eigenvalue weighted by molar-refractivity contribution is 0.444. The van der Waals surface area contributed by atoms with Gasteiger partial charge in [-0.15, -0.1) is 0 Å². The second-order valence-corrected chi connectivity index (χ2v) is 7.68. The molecular weight excluding hydrogens is 289 g/mol. The Balaban J connectivity index is 2.29. The van der Waals surface area contributed by atoms with Gasteiger partial charge in [-0.2, -0.15) is 0 Å². The van der Waals surface area contributed by atoms with E-state index in [9.17, 15) is 12.8 Å². The zero-order valence-corrected chi connectivity index (χ0v) is 12.4. The van der Waals surface area contributed by atoms with Gasteiger partial charge in [0.2, 0.25) is 10.0 Å². The number of hydrogen-bond acceptors (Lipinski definition) is 2. The minimum Gasteiger partial charge on any atom is -0.212 e. The molecule has 0 radical (unpaired) electrons. The number of hydrogen-bond donors (Lipinski definition) is 1. The lowest BCUT2D eigenvalue weighted by atomic mass is 9.97. The summed E-state index contributed by atoms with van der Waals surface area (Å²) in [5.74, 6) is -0.533. The van der Waals surface area contributed by atoms with Crippen LogP contribution in [0.15, 0.2) is 18.2 Å². The topological polar surface area (TPSA) is 46.2 Å². The summed E-state index contributed by atoms with van der Waals surface area (Å²) in [7, 11) is -3.36. The molecule has 0 spiro atoms. The Labute approximate surface area is 118 Å². The summed E-state index contributed by atoms with van der Waals surface area (Å²) < 4.78 is 40.6. The quantitative estimate of drug-likeness (QED) is 0.907. The predicted octanol–water partition coefficient (Wildman–Crippen LogP) is 3.26. The van der Waals surface area contributed by atoms with Crippen molar-refractivity contribution in [1.29, 1.82) is 0 Å². The molecule has 0 heterocycles. The first-order valence-corrected chi connectivity index (χ1v) is 8.20. The fraction of sp³-hybridized carbons (Fsp3) is 0.538. The summed E-state index contributed by atoms with van der Waals surface area (Å²) in [6.45, 7) is 3.71. The fourth-order valence-electron chi connectivity index (χ4n) is 1.96. The average Bonchev–Trinajstić information content (AvgIpc) is 3.10. The highest BCUT2D eigenvalue weighted by Crippen LogP contribution is 2.32. The molecule has 6 heteroatoms. The first-order valence-electron chi connectivity index (χ1n) is 6.27. The van der Waals surface area contributed by atoms with Gasteiger partial charge in [0.25, 0.3) is 0 Å². The highest BCUT2D eigenvalue weighted by Gasteiger charge is 2.38. The van der Waals surface area contributed by atoms with Gasteiger partial charge in [0, 0.05) is 10.6 Å². The van der Waals surface area contributed by atoms with Crippen LogP contribution in [0.1, 0.15) is 38.3 Å². The molecule has 1 aliphatic rings. The van der Waals surface area contributed by atoms with E-state index in [0.717, 1.165) is 0 Å². The Bertz CT molecular complexity index is 570. The van der Waals surface area contributed by atoms with Crippen molar-refractivity contribution in [2.45, 2.75) is 38.0 Å². The summed E-state index contributed by atoms with van der Waals surface area (Å²) in [6, 6.07) is 3.75. The van der Waals surface area contributed by atoms with Gasteiger partial charge in [-0.3, -0.25) is 0 Å². The zero-order valence-electron chi connectivity index (χ0n) is 10.9. The van der Waals surface area contributed by atoms with E-state index in [1.807, 2.05) is 13.8 Å². The normalized spacial score (nSPS) is 17.7. The molecule has 0 aromatic heterocycles. The van der Waals surface area contributed by atoms with Gasteiger partial charge in [-0.1, -0.05) is 31.5 Å². The molecule has 0 aliphatic heterocycles. The number of halogens is 2. The molecule has 106 valence electrons. The Kier molecular flexibility index (Phi) is 4.18. The smallest absolute Gasteiger partial charge is 0.212 e. The van der Waals surface area contributed by atoms with Crippen LogP contribution in [-0.2, 0) is 10.0 Å². The Hall–Kier alpha value is -0.650. The summed E-state index contributed by atoms with van der Waals surface area (Å²) in [4.78, 5) is 0. The van der Waals surface area contributed by atoms with Gasteiger partial charge in [0.15, 0.2) is 0 Å². The Morgan fingerprint density at radius 3 is 2.47 bits per heavy atom. The van der Waals surface area contributed by atoms with Crippen molar-refractivity contribution >= 4 is 21.6 Å². The molecule has 0 amide bonds. The van der Waals surface area contributed by atoms with Crippen LogP contribution >= 0.6 is 11.6 Å². The Morgan fingerprint density at radius 1 is 1.37 bits per heavy atom. The molecule has 1 aromatic rings. The van der Waals surface area contributed by atoms with Crippen molar-refractivity contribution in [3.05, 3.63) is 34.6 Å². The summed E-state index contributed by atoms with van der Waals surface area (Å²) in [5.41, 5.74) is 0.337. The first kappa shape index (κ1) is 14.8. The molecule has 1 saturated carbocycles. The molecule has 1 fully saturated rings. The van der Waals surface area contributed by atoms with Gasteiger partial charge >= 0.3 is 0 Å². The van der Waals surface area contributed by atoms with E-state index >= 15 is 0 Å². The molecule has 0 bridgehead atoms. The maximum atomic E-state index is 13.9. The number of sulfonamides is 1. The van der Waals surface area contributed by atoms with E-state index in [1.54, 1.807) is 6.07 Å². The van der Waals surface area contributed by atoms with E-state index in [1.165, 1.54) is 12.1 Å². The third-order valence-electron chi connectivity index (χ3n) is 3.22. The Morgan fingerprint density at radius 2 is 2.00 bits per heavy atom. The van der Waals surface area contributed by atoms with Crippen LogP contribution in [0.4, 0.5) is 4.39 Å². The maximum Gasteiger partial charge on any atom is 0.215 e. The largest absolute Gasteiger partial charge is 0.215 e. The lowest BCUT2D eigenvalue weighted by Gasteiger charge is -2.23. The molecule has 1 aliphatic carbocycles. The predicted molar refractivity (Wildman–Crippen MR) is 74.1 cm³/mol. The molecule has 2 rings (SSSR count). The van der Waals surface area contributed by atoms with Crippen LogP contribution in [0.25, 0.3) is 0 Å². The maximum absolute atomic E-state index is 13.9. The van der Waals surface area contributed by atoms with Crippen LogP contribution in [0.5, 0.6) is 0 Å². The minimum absolute atomic E-state index is 0.0517. The van der Waals surface area contributed by atoms with Crippen LogP contribution in [0.3, 0.4) is 0 Å². The molecule has 1 atom stereocenters. The standard InChI is InChI=1S/C13H17ClFNO2S/c1-8(2)13(16-19(17,18)10-4-5-10)11-6-3-9(14)7-12(11)15/h3,6-8,10,13,16H,4-5H2,1-2H3. The molecule has 0 saturated heterocycles. The van der Waals surface area contributed by atoms with Crippen LogP contribution in [0, 0.1) is 11.7 Å². The number of rotatable bonds is 5. The molecule has 1 aromatic carbocycles. The van der Waals surface area contributed by atoms with E-state index in [0.29, 0.717) is 23.4 Å². The summed E-state index contributed by atoms with van der Waals surface area (Å²) >= 11 is 5.72. The molecule has 1 unspecified atom stereocenters. The second kappa shape index (κ2) is 5.38. The summed E-state index contributed by atoms with van der Waals surface area (Å²) in [5, 5.41) is -0.0158. The molecule has 19 heavy (non-hydrogen) atoms. The van der Waals surface area contributed by atoms with Gasteiger partial charge in [-0.05, 0) is 30.9 Å². The SMILES string of the molecule is CC(C)C(NS(=O)(=O)C1CC1)c1ccc(Cl)cc1F. The third-order valence-corrected chi connectivity index (χ3v) is 5.39. The van der Waals surface area contributed by atoms with Crippen molar-refractivity contribution in [3.63, 3.8) is 0 Å². The number of nitrogens with one attached hydrogen (secondary N) is 1. The monoisotopic (exact) mass is 305 g/mol. The van der Waals surface area contributed by atoms with E-state index < -0.39 is 21.9 Å². The van der Waals surface area contributed by atoms with Crippen LogP contribution in [0.2, 0.25) is 5.02 Å². The lowest BCUT2D eigenvalue weighted by Crippen LogP contribution is -2.34. The van der Waals surface area contributed by atoms with Crippen molar-refractivity contribution in [2.75, 3.05) is 0 Å². The van der Waals surface area contributed by atoms with E-state index in [-0.39, 0.29) is 11.2 Å². The van der Waals surface area contributed by atoms with Gasteiger partial charge in [-0.25, -0.2) is 17.5 Å². The molecule has 3 nitrogen and oxygen atoms in total. The van der Waals surface area contributed by atoms with Gasteiger partial charge in [0.1, 0.15) is 5.82 Å². The van der Waals surface area contributed by atoms with Gasteiger partial charge in [0.05, 0.1) is 11.3 Å². The molecular formula is C13H17ClFNO2S. The average molecular weight is 306 g/mol. The number of benzene rings is 1. The first-order chi connectivity index (χ1) is 8.81. The van der Waals surface area contributed by atoms with Crippen LogP contribution < -0.4 is 4.72 Å². The van der Waals surface area contributed by atoms with Crippen molar-refractivity contribution < 1.29 is 12.8 Å². The molecule has 1 N–H and O–H groups in total. The van der Waals surface area contributed by atoms with Gasteiger partial charge < -0.3 is 0 Å². The highest BCUT2D eigenvalue weighted by molar-refractivity contribution is 7.90.